The summed E-state index contributed by atoms with van der Waals surface area (Å²) in [5.74, 6) is -1.58. The Morgan fingerprint density at radius 1 is 1.45 bits per heavy atom. The van der Waals surface area contributed by atoms with Crippen LogP contribution in [-0.4, -0.2) is 47.4 Å². The summed E-state index contributed by atoms with van der Waals surface area (Å²) in [7, 11) is 0. The number of hydrogen-bond donors (Lipinski definition) is 3. The van der Waals surface area contributed by atoms with Gasteiger partial charge < -0.3 is 20.3 Å². The second kappa shape index (κ2) is 8.01. The summed E-state index contributed by atoms with van der Waals surface area (Å²) in [6, 6.07) is 0.0938. The number of aliphatic hydroxyl groups excluding tert-OH is 1. The third kappa shape index (κ3) is 5.71. The number of carboxylic acids is 1. The molecule has 0 bridgehead atoms. The molecule has 0 saturated heterocycles. The van der Waals surface area contributed by atoms with Gasteiger partial charge in [0.1, 0.15) is 12.7 Å². The van der Waals surface area contributed by atoms with E-state index < -0.39 is 18.0 Å². The van der Waals surface area contributed by atoms with Crippen molar-refractivity contribution in [2.45, 2.75) is 44.8 Å². The normalized spacial score (nSPS) is 23.9. The molecule has 6 nitrogen and oxygen atoms in total. The molecule has 0 heterocycles. The van der Waals surface area contributed by atoms with E-state index in [1.807, 2.05) is 0 Å². The minimum absolute atomic E-state index is 0.0895. The number of carbonyl (C=O) groups excluding carboxylic acids is 1. The van der Waals surface area contributed by atoms with Gasteiger partial charge in [0.15, 0.2) is 0 Å². The fraction of sp³-hybridized carbons (Fsp3) is 0.714. The van der Waals surface area contributed by atoms with Crippen molar-refractivity contribution in [2.75, 3.05) is 13.2 Å². The molecule has 114 valence electrons. The zero-order valence-electron chi connectivity index (χ0n) is 11.8. The molecule has 6 heteroatoms. The zero-order valence-corrected chi connectivity index (χ0v) is 11.8. The fourth-order valence-corrected chi connectivity index (χ4v) is 2.26. The van der Waals surface area contributed by atoms with E-state index in [9.17, 15) is 14.7 Å². The summed E-state index contributed by atoms with van der Waals surface area (Å²) in [4.78, 5) is 22.1. The Hall–Kier alpha value is -1.40. The summed E-state index contributed by atoms with van der Waals surface area (Å²) >= 11 is 0. The molecule has 20 heavy (non-hydrogen) atoms. The first-order valence-electron chi connectivity index (χ1n) is 6.87. The number of rotatable bonds is 7. The molecule has 1 saturated carbocycles. The van der Waals surface area contributed by atoms with Gasteiger partial charge in [0, 0.05) is 18.2 Å². The van der Waals surface area contributed by atoms with Gasteiger partial charge in [-0.05, 0) is 26.2 Å². The van der Waals surface area contributed by atoms with Crippen LogP contribution in [0.15, 0.2) is 12.2 Å². The number of nitrogens with one attached hydrogen (secondary N) is 1. The van der Waals surface area contributed by atoms with Gasteiger partial charge >= 0.3 is 11.9 Å². The first-order chi connectivity index (χ1) is 9.40. The molecule has 0 aromatic carbocycles. The highest BCUT2D eigenvalue weighted by molar-refractivity contribution is 5.86. The van der Waals surface area contributed by atoms with Gasteiger partial charge in [-0.25, -0.2) is 4.79 Å². The minimum Gasteiger partial charge on any atom is -0.481 e. The molecule has 1 fully saturated rings. The summed E-state index contributed by atoms with van der Waals surface area (Å²) in [6.07, 6.45) is 2.26. The monoisotopic (exact) mass is 285 g/mol. The first kappa shape index (κ1) is 16.7. The van der Waals surface area contributed by atoms with Gasteiger partial charge in [0.25, 0.3) is 0 Å². The number of carbonyl (C=O) groups is 2. The third-order valence-corrected chi connectivity index (χ3v) is 3.42. The van der Waals surface area contributed by atoms with Crippen molar-refractivity contribution in [3.8, 4) is 0 Å². The molecule has 3 N–H and O–H groups in total. The average Bonchev–Trinajstić information content (AvgIpc) is 2.42. The van der Waals surface area contributed by atoms with Crippen molar-refractivity contribution in [1.29, 1.82) is 0 Å². The summed E-state index contributed by atoms with van der Waals surface area (Å²) < 4.78 is 4.84. The quantitative estimate of drug-likeness (QED) is 0.471. The molecule has 0 radical (unpaired) electrons. The number of aliphatic hydroxyl groups is 1. The number of ether oxygens (including phenoxy) is 1. The maximum absolute atomic E-state index is 11.2. The molecule has 1 aliphatic rings. The molecule has 0 amide bonds. The summed E-state index contributed by atoms with van der Waals surface area (Å²) in [5, 5.41) is 21.8. The van der Waals surface area contributed by atoms with Crippen LogP contribution >= 0.6 is 0 Å². The van der Waals surface area contributed by atoms with Crippen LogP contribution in [0.2, 0.25) is 0 Å². The van der Waals surface area contributed by atoms with E-state index in [4.69, 9.17) is 9.84 Å². The molecule has 0 spiro atoms. The van der Waals surface area contributed by atoms with Crippen molar-refractivity contribution in [1.82, 2.24) is 5.32 Å². The van der Waals surface area contributed by atoms with E-state index in [1.165, 1.54) is 0 Å². The lowest BCUT2D eigenvalue weighted by atomic mass is 9.86. The van der Waals surface area contributed by atoms with Crippen molar-refractivity contribution in [3.63, 3.8) is 0 Å². The van der Waals surface area contributed by atoms with Crippen LogP contribution in [0.5, 0.6) is 0 Å². The van der Waals surface area contributed by atoms with Crippen LogP contribution in [0, 0.1) is 5.92 Å². The van der Waals surface area contributed by atoms with Crippen LogP contribution < -0.4 is 5.32 Å². The maximum atomic E-state index is 11.2. The van der Waals surface area contributed by atoms with Gasteiger partial charge in [-0.1, -0.05) is 13.0 Å². The maximum Gasteiger partial charge on any atom is 0.333 e. The van der Waals surface area contributed by atoms with Gasteiger partial charge in [-0.15, -0.1) is 0 Å². The predicted octanol–water partition coefficient (Wildman–Crippen LogP) is 0.700. The zero-order chi connectivity index (χ0) is 15.1. The van der Waals surface area contributed by atoms with Crippen LogP contribution in [0.25, 0.3) is 0 Å². The number of esters is 1. The number of carboxylic acid groups (broad SMARTS) is 1. The highest BCUT2D eigenvalue weighted by Gasteiger charge is 2.26. The van der Waals surface area contributed by atoms with Crippen molar-refractivity contribution >= 4 is 11.9 Å². The molecule has 3 unspecified atom stereocenters. The first-order valence-corrected chi connectivity index (χ1v) is 6.87. The molecular formula is C14H23NO5. The number of aliphatic carboxylic acids is 1. The molecule has 0 aromatic heterocycles. The fourth-order valence-electron chi connectivity index (χ4n) is 2.26. The Morgan fingerprint density at radius 2 is 2.15 bits per heavy atom. The molecule has 0 aromatic rings. The number of hydrogen-bond acceptors (Lipinski definition) is 5. The van der Waals surface area contributed by atoms with Gasteiger partial charge in [-0.3, -0.25) is 4.79 Å². The van der Waals surface area contributed by atoms with E-state index in [2.05, 4.69) is 11.9 Å². The van der Waals surface area contributed by atoms with Gasteiger partial charge in [0.05, 0.1) is 5.92 Å². The lowest BCUT2D eigenvalue weighted by Crippen LogP contribution is -2.41. The Bertz CT molecular complexity index is 369. The molecule has 0 aliphatic heterocycles. The van der Waals surface area contributed by atoms with Crippen molar-refractivity contribution in [2.24, 2.45) is 5.92 Å². The Morgan fingerprint density at radius 3 is 2.75 bits per heavy atom. The summed E-state index contributed by atoms with van der Waals surface area (Å²) in [5.41, 5.74) is 0.293. The van der Waals surface area contributed by atoms with Crippen LogP contribution in [-0.2, 0) is 14.3 Å². The predicted molar refractivity (Wildman–Crippen MR) is 73.2 cm³/mol. The lowest BCUT2D eigenvalue weighted by molar-refractivity contribution is -0.143. The van der Waals surface area contributed by atoms with E-state index >= 15 is 0 Å². The molecule has 3 atom stereocenters. The average molecular weight is 285 g/mol. The lowest BCUT2D eigenvalue weighted by Gasteiger charge is -2.28. The largest absolute Gasteiger partial charge is 0.481 e. The SMILES string of the molecule is C=C(C)C(=O)OCC(O)CNC1CCCC(C(=O)O)C1. The van der Waals surface area contributed by atoms with E-state index in [1.54, 1.807) is 6.92 Å². The van der Waals surface area contributed by atoms with Crippen LogP contribution in [0.3, 0.4) is 0 Å². The summed E-state index contributed by atoms with van der Waals surface area (Å²) in [6.45, 7) is 5.18. The smallest absolute Gasteiger partial charge is 0.333 e. The molecule has 1 rings (SSSR count). The van der Waals surface area contributed by atoms with Crippen LogP contribution in [0.1, 0.15) is 32.6 Å². The highest BCUT2D eigenvalue weighted by atomic mass is 16.5. The van der Waals surface area contributed by atoms with E-state index in [0.717, 1.165) is 12.8 Å². The van der Waals surface area contributed by atoms with Crippen LogP contribution in [0.4, 0.5) is 0 Å². The van der Waals surface area contributed by atoms with Crippen molar-refractivity contribution in [3.05, 3.63) is 12.2 Å². The Balaban J connectivity index is 2.23. The second-order valence-electron chi connectivity index (χ2n) is 5.34. The Kier molecular flexibility index (Phi) is 6.67. The van der Waals surface area contributed by atoms with E-state index in [0.29, 0.717) is 18.4 Å². The van der Waals surface area contributed by atoms with Gasteiger partial charge in [-0.2, -0.15) is 0 Å². The minimum atomic E-state index is -0.802. The van der Waals surface area contributed by atoms with Crippen molar-refractivity contribution < 1.29 is 24.5 Å². The third-order valence-electron chi connectivity index (χ3n) is 3.42. The second-order valence-corrected chi connectivity index (χ2v) is 5.34. The Labute approximate surface area is 118 Å². The highest BCUT2D eigenvalue weighted by Crippen LogP contribution is 2.24. The topological polar surface area (TPSA) is 95.9 Å². The van der Waals surface area contributed by atoms with E-state index in [-0.39, 0.29) is 25.1 Å². The standard InChI is InChI=1S/C14H23NO5/c1-9(2)14(19)20-8-12(16)7-15-11-5-3-4-10(6-11)13(17)18/h10-12,15-16H,1,3-8H2,2H3,(H,17,18). The van der Waals surface area contributed by atoms with Gasteiger partial charge in [0.2, 0.25) is 0 Å². The molecular weight excluding hydrogens is 262 g/mol. The molecule has 1 aliphatic carbocycles.